The number of carbonyl (C=O) groups is 1. The van der Waals surface area contributed by atoms with Crippen molar-refractivity contribution in [1.29, 1.82) is 0 Å². The summed E-state index contributed by atoms with van der Waals surface area (Å²) >= 11 is 3.50. The minimum atomic E-state index is 0.122. The van der Waals surface area contributed by atoms with E-state index in [9.17, 15) is 4.79 Å². The molecule has 0 N–H and O–H groups in total. The molecule has 0 spiro atoms. The Morgan fingerprint density at radius 3 is 2.65 bits per heavy atom. The first kappa shape index (κ1) is 14.2. The van der Waals surface area contributed by atoms with E-state index in [0.717, 1.165) is 41.5 Å². The predicted molar refractivity (Wildman–Crippen MR) is 75.4 cm³/mol. The van der Waals surface area contributed by atoms with Crippen molar-refractivity contribution >= 4 is 21.8 Å². The number of nitrogens with zero attached hydrogens (tertiary/aromatic N) is 1. The first-order valence-corrected chi connectivity index (χ1v) is 6.95. The van der Waals surface area contributed by atoms with Crippen molar-refractivity contribution in [3.05, 3.63) is 33.8 Å². The minimum absolute atomic E-state index is 0.122. The van der Waals surface area contributed by atoms with Crippen LogP contribution in [-0.4, -0.2) is 23.9 Å². The molecular weight excluding hydrogens is 278 g/mol. The zero-order chi connectivity index (χ0) is 12.8. The molecule has 1 amide bonds. The fraction of sp³-hybridized carbons (Fsp3) is 0.500. The Labute approximate surface area is 112 Å². The van der Waals surface area contributed by atoms with Gasteiger partial charge in [-0.25, -0.2) is 0 Å². The Bertz CT molecular complexity index is 390. The summed E-state index contributed by atoms with van der Waals surface area (Å²) in [4.78, 5) is 14.3. The molecule has 0 aromatic heterocycles. The molecule has 1 aromatic carbocycles. The number of benzene rings is 1. The molecule has 0 aliphatic rings. The summed E-state index contributed by atoms with van der Waals surface area (Å²) in [6.07, 6.45) is 2.17. The van der Waals surface area contributed by atoms with Crippen molar-refractivity contribution in [2.75, 3.05) is 13.1 Å². The predicted octanol–water partition coefficient (Wildman–Crippen LogP) is 4.02. The van der Waals surface area contributed by atoms with E-state index >= 15 is 0 Å². The highest BCUT2D eigenvalue weighted by Gasteiger charge is 2.16. The van der Waals surface area contributed by atoms with Crippen LogP contribution < -0.4 is 0 Å². The molecule has 0 bridgehead atoms. The fourth-order valence-corrected chi connectivity index (χ4v) is 2.17. The second kappa shape index (κ2) is 6.80. The van der Waals surface area contributed by atoms with E-state index in [1.807, 2.05) is 36.9 Å². The first-order chi connectivity index (χ1) is 8.11. The van der Waals surface area contributed by atoms with E-state index in [0.29, 0.717) is 0 Å². The van der Waals surface area contributed by atoms with Gasteiger partial charge in [-0.15, -0.1) is 0 Å². The van der Waals surface area contributed by atoms with Gasteiger partial charge >= 0.3 is 0 Å². The van der Waals surface area contributed by atoms with Gasteiger partial charge < -0.3 is 4.90 Å². The molecule has 0 fully saturated rings. The second-order valence-electron chi connectivity index (χ2n) is 4.17. The maximum atomic E-state index is 12.4. The Balaban J connectivity index is 2.90. The summed E-state index contributed by atoms with van der Waals surface area (Å²) in [5.74, 6) is 0.122. The van der Waals surface area contributed by atoms with Crippen molar-refractivity contribution in [2.45, 2.75) is 33.6 Å². The standard InChI is InChI=1S/C14H20BrNO/c1-4-6-10-16(5-2)14(17)12-9-7-8-11(3)13(12)15/h7-9H,4-6,10H2,1-3H3. The lowest BCUT2D eigenvalue weighted by Crippen LogP contribution is -2.32. The van der Waals surface area contributed by atoms with Crippen LogP contribution in [0.3, 0.4) is 0 Å². The Hall–Kier alpha value is -0.830. The van der Waals surface area contributed by atoms with Crippen molar-refractivity contribution in [2.24, 2.45) is 0 Å². The summed E-state index contributed by atoms with van der Waals surface area (Å²) in [5.41, 5.74) is 1.87. The van der Waals surface area contributed by atoms with Crippen LogP contribution in [0.5, 0.6) is 0 Å². The quantitative estimate of drug-likeness (QED) is 0.804. The van der Waals surface area contributed by atoms with E-state index < -0.39 is 0 Å². The molecule has 0 saturated carbocycles. The number of hydrogen-bond acceptors (Lipinski definition) is 1. The van der Waals surface area contributed by atoms with Crippen LogP contribution in [0.2, 0.25) is 0 Å². The van der Waals surface area contributed by atoms with Crippen molar-refractivity contribution in [3.63, 3.8) is 0 Å². The Morgan fingerprint density at radius 2 is 2.06 bits per heavy atom. The van der Waals surface area contributed by atoms with Crippen molar-refractivity contribution < 1.29 is 4.79 Å². The lowest BCUT2D eigenvalue weighted by atomic mass is 10.1. The average Bonchev–Trinajstić information content (AvgIpc) is 2.33. The van der Waals surface area contributed by atoms with Gasteiger partial charge in [0.05, 0.1) is 5.56 Å². The van der Waals surface area contributed by atoms with Gasteiger partial charge in [0, 0.05) is 17.6 Å². The molecule has 17 heavy (non-hydrogen) atoms. The largest absolute Gasteiger partial charge is 0.339 e. The molecule has 1 aromatic rings. The number of amides is 1. The van der Waals surface area contributed by atoms with Crippen LogP contribution in [0.4, 0.5) is 0 Å². The Kier molecular flexibility index (Phi) is 5.69. The maximum Gasteiger partial charge on any atom is 0.254 e. The topological polar surface area (TPSA) is 20.3 Å². The number of halogens is 1. The molecule has 0 atom stereocenters. The van der Waals surface area contributed by atoms with E-state index in [1.165, 1.54) is 0 Å². The zero-order valence-electron chi connectivity index (χ0n) is 10.8. The third kappa shape index (κ3) is 3.56. The maximum absolute atomic E-state index is 12.4. The molecule has 1 rings (SSSR count). The van der Waals surface area contributed by atoms with E-state index in [1.54, 1.807) is 0 Å². The molecule has 0 heterocycles. The first-order valence-electron chi connectivity index (χ1n) is 6.16. The molecule has 94 valence electrons. The minimum Gasteiger partial charge on any atom is -0.339 e. The second-order valence-corrected chi connectivity index (χ2v) is 4.97. The number of rotatable bonds is 5. The molecular formula is C14H20BrNO. The van der Waals surface area contributed by atoms with Gasteiger partial charge in [0.2, 0.25) is 0 Å². The number of aryl methyl sites for hydroxylation is 1. The smallest absolute Gasteiger partial charge is 0.254 e. The third-order valence-electron chi connectivity index (χ3n) is 2.87. The van der Waals surface area contributed by atoms with E-state index in [4.69, 9.17) is 0 Å². The van der Waals surface area contributed by atoms with Crippen LogP contribution in [-0.2, 0) is 0 Å². The summed E-state index contributed by atoms with van der Waals surface area (Å²) < 4.78 is 0.917. The van der Waals surface area contributed by atoms with Crippen molar-refractivity contribution in [1.82, 2.24) is 4.90 Å². The highest BCUT2D eigenvalue weighted by atomic mass is 79.9. The SMILES string of the molecule is CCCCN(CC)C(=O)c1cccc(C)c1Br. The monoisotopic (exact) mass is 297 g/mol. The summed E-state index contributed by atoms with van der Waals surface area (Å²) in [6, 6.07) is 5.82. The van der Waals surface area contributed by atoms with Gasteiger partial charge in [-0.3, -0.25) is 4.79 Å². The zero-order valence-corrected chi connectivity index (χ0v) is 12.4. The van der Waals surface area contributed by atoms with Crippen LogP contribution in [0, 0.1) is 6.92 Å². The molecule has 0 unspecified atom stereocenters. The lowest BCUT2D eigenvalue weighted by molar-refractivity contribution is 0.0761. The molecule has 0 aliphatic carbocycles. The number of carbonyl (C=O) groups excluding carboxylic acids is 1. The molecule has 0 aliphatic heterocycles. The van der Waals surface area contributed by atoms with Crippen LogP contribution in [0.1, 0.15) is 42.6 Å². The van der Waals surface area contributed by atoms with Crippen molar-refractivity contribution in [3.8, 4) is 0 Å². The fourth-order valence-electron chi connectivity index (χ4n) is 1.74. The van der Waals surface area contributed by atoms with Gasteiger partial charge in [-0.2, -0.15) is 0 Å². The number of hydrogen-bond donors (Lipinski definition) is 0. The van der Waals surface area contributed by atoms with Gasteiger partial charge in [0.15, 0.2) is 0 Å². The summed E-state index contributed by atoms with van der Waals surface area (Å²) in [7, 11) is 0. The highest BCUT2D eigenvalue weighted by Crippen LogP contribution is 2.22. The summed E-state index contributed by atoms with van der Waals surface area (Å²) in [5, 5.41) is 0. The third-order valence-corrected chi connectivity index (χ3v) is 3.93. The van der Waals surface area contributed by atoms with Crippen LogP contribution >= 0.6 is 15.9 Å². The lowest BCUT2D eigenvalue weighted by Gasteiger charge is -2.21. The highest BCUT2D eigenvalue weighted by molar-refractivity contribution is 9.10. The van der Waals surface area contributed by atoms with Gasteiger partial charge in [0.1, 0.15) is 0 Å². The normalized spacial score (nSPS) is 10.4. The molecule has 2 nitrogen and oxygen atoms in total. The van der Waals surface area contributed by atoms with E-state index in [2.05, 4.69) is 22.9 Å². The van der Waals surface area contributed by atoms with Crippen LogP contribution in [0.25, 0.3) is 0 Å². The Morgan fingerprint density at radius 1 is 1.35 bits per heavy atom. The van der Waals surface area contributed by atoms with E-state index in [-0.39, 0.29) is 5.91 Å². The molecule has 3 heteroatoms. The van der Waals surface area contributed by atoms with Gasteiger partial charge in [-0.05, 0) is 47.8 Å². The van der Waals surface area contributed by atoms with Gasteiger partial charge in [-0.1, -0.05) is 25.5 Å². The average molecular weight is 298 g/mol. The number of unbranched alkanes of at least 4 members (excludes halogenated alkanes) is 1. The summed E-state index contributed by atoms with van der Waals surface area (Å²) in [6.45, 7) is 7.77. The van der Waals surface area contributed by atoms with Gasteiger partial charge in [0.25, 0.3) is 5.91 Å². The molecule has 0 saturated heterocycles. The van der Waals surface area contributed by atoms with Crippen LogP contribution in [0.15, 0.2) is 22.7 Å². The molecule has 0 radical (unpaired) electrons.